The molecule has 0 spiro atoms. The van der Waals surface area contributed by atoms with Crippen LogP contribution in [0.2, 0.25) is 0 Å². The van der Waals surface area contributed by atoms with Gasteiger partial charge in [0.1, 0.15) is 0 Å². The van der Waals surface area contributed by atoms with Gasteiger partial charge in [-0.25, -0.2) is 9.59 Å². The number of carbonyl (C=O) groups is 2. The Morgan fingerprint density at radius 1 is 0.641 bits per heavy atom. The van der Waals surface area contributed by atoms with E-state index in [-0.39, 0.29) is 22.8 Å². The van der Waals surface area contributed by atoms with Gasteiger partial charge >= 0.3 is 11.9 Å². The van der Waals surface area contributed by atoms with Crippen molar-refractivity contribution in [2.24, 2.45) is 10.8 Å². The zero-order valence-electron chi connectivity index (χ0n) is 24.8. The summed E-state index contributed by atoms with van der Waals surface area (Å²) < 4.78 is 11.4. The zero-order valence-corrected chi connectivity index (χ0v) is 24.8. The lowest BCUT2D eigenvalue weighted by molar-refractivity contribution is 0.0263. The number of hydrogen-bond acceptors (Lipinski definition) is 6. The first-order valence-electron chi connectivity index (χ1n) is 15.0. The third-order valence-corrected chi connectivity index (χ3v) is 7.73. The molecule has 0 saturated carbocycles. The lowest BCUT2D eigenvalue weighted by atomic mass is 9.80. The minimum atomic E-state index is -0.289. The number of esters is 2. The van der Waals surface area contributed by atoms with Crippen molar-refractivity contribution in [3.63, 3.8) is 0 Å². The summed E-state index contributed by atoms with van der Waals surface area (Å²) in [6, 6.07) is 7.01. The summed E-state index contributed by atoms with van der Waals surface area (Å²) in [7, 11) is 0. The van der Waals surface area contributed by atoms with E-state index >= 15 is 0 Å². The van der Waals surface area contributed by atoms with Gasteiger partial charge in [-0.3, -0.25) is 9.97 Å². The first-order valence-corrected chi connectivity index (χ1v) is 15.0. The summed E-state index contributed by atoms with van der Waals surface area (Å²) in [6.07, 6.45) is 21.1. The number of unbranched alkanes of at least 4 members (excludes halogenated alkanes) is 6. The Balaban J connectivity index is 1.73. The molecule has 0 saturated heterocycles. The van der Waals surface area contributed by atoms with E-state index in [0.717, 1.165) is 64.2 Å². The largest absolute Gasteiger partial charge is 0.461 e. The van der Waals surface area contributed by atoms with Crippen LogP contribution in [0.15, 0.2) is 49.1 Å². The van der Waals surface area contributed by atoms with Crippen molar-refractivity contribution in [3.05, 3.63) is 60.2 Å². The van der Waals surface area contributed by atoms with Crippen molar-refractivity contribution in [1.82, 2.24) is 9.97 Å². The Labute approximate surface area is 236 Å². The van der Waals surface area contributed by atoms with Crippen molar-refractivity contribution < 1.29 is 19.1 Å². The highest BCUT2D eigenvalue weighted by Gasteiger charge is 2.27. The molecule has 0 bridgehead atoms. The van der Waals surface area contributed by atoms with Crippen LogP contribution in [0.1, 0.15) is 132 Å². The molecule has 0 aliphatic carbocycles. The molecule has 2 atom stereocenters. The highest BCUT2D eigenvalue weighted by Crippen LogP contribution is 2.33. The van der Waals surface area contributed by atoms with E-state index in [4.69, 9.17) is 9.47 Å². The van der Waals surface area contributed by atoms with Gasteiger partial charge in [0.25, 0.3) is 0 Å². The van der Waals surface area contributed by atoms with Crippen molar-refractivity contribution in [2.45, 2.75) is 111 Å². The molecule has 2 unspecified atom stereocenters. The van der Waals surface area contributed by atoms with Gasteiger partial charge < -0.3 is 9.47 Å². The second-order valence-corrected chi connectivity index (χ2v) is 11.7. The molecule has 0 aliphatic rings. The maximum Gasteiger partial charge on any atom is 0.339 e. The molecule has 0 aromatic carbocycles. The standard InChI is InChI=1S/C33H50N2O4/c1-5-7-18-32(3,26-38-30(36)28-16-14-22-34-24-28)20-12-10-9-11-13-21-33(4,19-8-6-2)27-39-31(37)29-17-15-23-35-25-29/h14-17,22-25H,5-13,18-21,26-27H2,1-4H3. The van der Waals surface area contributed by atoms with Crippen LogP contribution in [-0.4, -0.2) is 35.1 Å². The molecule has 6 heteroatoms. The molecular weight excluding hydrogens is 488 g/mol. The topological polar surface area (TPSA) is 78.4 Å². The van der Waals surface area contributed by atoms with Gasteiger partial charge in [-0.15, -0.1) is 0 Å². The van der Waals surface area contributed by atoms with Gasteiger partial charge in [-0.05, 0) is 49.9 Å². The van der Waals surface area contributed by atoms with Crippen molar-refractivity contribution >= 4 is 11.9 Å². The molecule has 0 radical (unpaired) electrons. The van der Waals surface area contributed by atoms with Gasteiger partial charge in [0.2, 0.25) is 0 Å². The minimum Gasteiger partial charge on any atom is -0.461 e. The Morgan fingerprint density at radius 3 is 1.38 bits per heavy atom. The van der Waals surface area contributed by atoms with Crippen LogP contribution in [0.5, 0.6) is 0 Å². The minimum absolute atomic E-state index is 0.00472. The number of aromatic nitrogens is 2. The van der Waals surface area contributed by atoms with Gasteiger partial charge in [0.15, 0.2) is 0 Å². The van der Waals surface area contributed by atoms with Crippen LogP contribution >= 0.6 is 0 Å². The lowest BCUT2D eigenvalue weighted by Crippen LogP contribution is -2.26. The average molecular weight is 539 g/mol. The molecular formula is C33H50N2O4. The van der Waals surface area contributed by atoms with Crippen molar-refractivity contribution in [3.8, 4) is 0 Å². The van der Waals surface area contributed by atoms with Crippen LogP contribution in [-0.2, 0) is 9.47 Å². The van der Waals surface area contributed by atoms with Gasteiger partial charge in [-0.1, -0.05) is 85.5 Å². The number of pyridine rings is 2. The quantitative estimate of drug-likeness (QED) is 0.124. The lowest BCUT2D eigenvalue weighted by Gasteiger charge is -2.30. The zero-order chi connectivity index (χ0) is 28.4. The number of ether oxygens (including phenoxy) is 2. The van der Waals surface area contributed by atoms with Crippen LogP contribution in [0.25, 0.3) is 0 Å². The summed E-state index contributed by atoms with van der Waals surface area (Å²) in [5, 5.41) is 0. The number of rotatable bonds is 20. The molecule has 0 aliphatic heterocycles. The van der Waals surface area contributed by atoms with Crippen LogP contribution < -0.4 is 0 Å². The number of hydrogen-bond donors (Lipinski definition) is 0. The second kappa shape index (κ2) is 17.8. The van der Waals surface area contributed by atoms with E-state index in [1.54, 1.807) is 49.1 Å². The SMILES string of the molecule is CCCCC(C)(CCCCCCCC(C)(CCCC)COC(=O)c1cccnc1)COC(=O)c1cccnc1. The molecule has 0 amide bonds. The maximum atomic E-state index is 12.4. The molecule has 0 N–H and O–H groups in total. The Morgan fingerprint density at radius 2 is 1.03 bits per heavy atom. The monoisotopic (exact) mass is 538 g/mol. The molecule has 2 aromatic heterocycles. The molecule has 6 nitrogen and oxygen atoms in total. The molecule has 2 heterocycles. The summed E-state index contributed by atoms with van der Waals surface area (Å²) in [5.74, 6) is -0.578. The predicted octanol–water partition coefficient (Wildman–Crippen LogP) is 8.61. The van der Waals surface area contributed by atoms with E-state index in [2.05, 4.69) is 37.7 Å². The highest BCUT2D eigenvalue weighted by molar-refractivity contribution is 5.89. The molecule has 2 aromatic rings. The highest BCUT2D eigenvalue weighted by atomic mass is 16.5. The summed E-state index contributed by atoms with van der Waals surface area (Å²) in [6.45, 7) is 9.82. The average Bonchev–Trinajstić information content (AvgIpc) is 2.97. The molecule has 2 rings (SSSR count). The third-order valence-electron chi connectivity index (χ3n) is 7.73. The van der Waals surface area contributed by atoms with Crippen LogP contribution in [0, 0.1) is 10.8 Å². The van der Waals surface area contributed by atoms with Gasteiger partial charge in [0, 0.05) is 35.6 Å². The second-order valence-electron chi connectivity index (χ2n) is 11.7. The third kappa shape index (κ3) is 12.8. The first kappa shape index (κ1) is 32.5. The van der Waals surface area contributed by atoms with E-state index in [1.165, 1.54) is 19.3 Å². The van der Waals surface area contributed by atoms with Gasteiger partial charge in [0.05, 0.1) is 24.3 Å². The molecule has 0 fully saturated rings. The van der Waals surface area contributed by atoms with Crippen LogP contribution in [0.4, 0.5) is 0 Å². The van der Waals surface area contributed by atoms with Crippen LogP contribution in [0.3, 0.4) is 0 Å². The molecule has 39 heavy (non-hydrogen) atoms. The normalized spacial score (nSPS) is 14.3. The van der Waals surface area contributed by atoms with E-state index in [0.29, 0.717) is 24.3 Å². The maximum absolute atomic E-state index is 12.4. The fraction of sp³-hybridized carbons (Fsp3) is 0.636. The fourth-order valence-corrected chi connectivity index (χ4v) is 4.99. The van der Waals surface area contributed by atoms with E-state index in [9.17, 15) is 9.59 Å². The number of nitrogens with zero attached hydrogens (tertiary/aromatic N) is 2. The predicted molar refractivity (Wildman–Crippen MR) is 157 cm³/mol. The van der Waals surface area contributed by atoms with E-state index in [1.807, 2.05) is 0 Å². The molecule has 216 valence electrons. The summed E-state index contributed by atoms with van der Waals surface area (Å²) >= 11 is 0. The van der Waals surface area contributed by atoms with Crippen molar-refractivity contribution in [1.29, 1.82) is 0 Å². The smallest absolute Gasteiger partial charge is 0.339 e. The van der Waals surface area contributed by atoms with Crippen molar-refractivity contribution in [2.75, 3.05) is 13.2 Å². The Bertz CT molecular complexity index is 875. The summed E-state index contributed by atoms with van der Waals surface area (Å²) in [4.78, 5) is 32.9. The van der Waals surface area contributed by atoms with Gasteiger partial charge in [-0.2, -0.15) is 0 Å². The Hall–Kier alpha value is -2.76. The van der Waals surface area contributed by atoms with E-state index < -0.39 is 0 Å². The number of carbonyl (C=O) groups excluding carboxylic acids is 2. The fourth-order valence-electron chi connectivity index (χ4n) is 4.99. The Kier molecular flexibility index (Phi) is 14.8. The summed E-state index contributed by atoms with van der Waals surface area (Å²) in [5.41, 5.74) is 1.02. The first-order chi connectivity index (χ1) is 18.8.